The van der Waals surface area contributed by atoms with Crippen LogP contribution in [0.2, 0.25) is 0 Å². The molecule has 0 saturated carbocycles. The fourth-order valence-corrected chi connectivity index (χ4v) is 4.22. The van der Waals surface area contributed by atoms with E-state index in [0.717, 1.165) is 0 Å². The van der Waals surface area contributed by atoms with Crippen molar-refractivity contribution in [3.63, 3.8) is 0 Å². The second kappa shape index (κ2) is 9.21. The number of aryl methyl sites for hydroxylation is 1. The maximum Gasteiger partial charge on any atom is -1.00 e. The van der Waals surface area contributed by atoms with Crippen molar-refractivity contribution in [3.8, 4) is 11.1 Å². The van der Waals surface area contributed by atoms with E-state index in [9.17, 15) is 0 Å². The van der Waals surface area contributed by atoms with Crippen LogP contribution < -0.4 is 24.8 Å². The number of allylic oxidation sites excluding steroid dienone is 1. The molecule has 0 spiro atoms. The Kier molecular flexibility index (Phi) is 8.28. The maximum atomic E-state index is 2.47. The Balaban J connectivity index is 0.00000132. The first-order chi connectivity index (χ1) is 10.2. The van der Waals surface area contributed by atoms with Gasteiger partial charge in [0.2, 0.25) is 0 Å². The predicted octanol–water partition coefficient (Wildman–Crippen LogP) is -0.155. The molecule has 0 aliphatic heterocycles. The molecule has 1 aliphatic carbocycles. The average molecular weight is 424 g/mol. The zero-order valence-corrected chi connectivity index (χ0v) is 17.5. The van der Waals surface area contributed by atoms with Gasteiger partial charge in [-0.25, -0.2) is 0 Å². The van der Waals surface area contributed by atoms with Crippen molar-refractivity contribution in [1.82, 2.24) is 0 Å². The van der Waals surface area contributed by atoms with Gasteiger partial charge in [0.25, 0.3) is 0 Å². The van der Waals surface area contributed by atoms with Crippen molar-refractivity contribution in [1.29, 1.82) is 0 Å². The second-order valence-corrected chi connectivity index (χ2v) is 7.35. The third-order valence-electron chi connectivity index (χ3n) is 4.33. The van der Waals surface area contributed by atoms with Gasteiger partial charge in [0.05, 0.1) is 0 Å². The summed E-state index contributed by atoms with van der Waals surface area (Å²) >= 11 is 1.62. The Bertz CT molecular complexity index is 675. The number of hydrogen-bond acceptors (Lipinski definition) is 0. The number of rotatable bonds is 4. The SMILES string of the molecule is CCCCC1=Cc2c(-c3ccc(C)cc3)cccc2[CH]1[Zr+2].[Cl-].[Cl-]. The number of benzene rings is 2. The third kappa shape index (κ3) is 4.38. The van der Waals surface area contributed by atoms with E-state index in [4.69, 9.17) is 0 Å². The molecule has 1 aliphatic rings. The van der Waals surface area contributed by atoms with E-state index >= 15 is 0 Å². The summed E-state index contributed by atoms with van der Waals surface area (Å²) in [6, 6.07) is 15.7. The summed E-state index contributed by atoms with van der Waals surface area (Å²) in [5.74, 6) is 0. The minimum atomic E-state index is 0. The van der Waals surface area contributed by atoms with Gasteiger partial charge < -0.3 is 24.8 Å². The summed E-state index contributed by atoms with van der Waals surface area (Å²) in [4.78, 5) is 0. The summed E-state index contributed by atoms with van der Waals surface area (Å²) in [6.07, 6.45) is 6.32. The Hall–Kier alpha value is -0.357. The second-order valence-electron chi connectivity index (χ2n) is 5.93. The van der Waals surface area contributed by atoms with Crippen molar-refractivity contribution in [3.05, 3.63) is 64.7 Å². The molecule has 0 radical (unpaired) electrons. The van der Waals surface area contributed by atoms with Crippen LogP contribution in [0.15, 0.2) is 48.0 Å². The van der Waals surface area contributed by atoms with E-state index in [1.807, 2.05) is 0 Å². The van der Waals surface area contributed by atoms with Gasteiger partial charge in [0.1, 0.15) is 0 Å². The zero-order chi connectivity index (χ0) is 14.8. The summed E-state index contributed by atoms with van der Waals surface area (Å²) in [5, 5.41) is 0. The molecule has 0 nitrogen and oxygen atoms in total. The molecule has 3 rings (SSSR count). The van der Waals surface area contributed by atoms with E-state index in [-0.39, 0.29) is 24.8 Å². The molecule has 0 saturated heterocycles. The van der Waals surface area contributed by atoms with E-state index in [1.165, 1.54) is 47.1 Å². The molecular weight excluding hydrogens is 402 g/mol. The van der Waals surface area contributed by atoms with Crippen molar-refractivity contribution in [2.24, 2.45) is 0 Å². The van der Waals surface area contributed by atoms with Crippen LogP contribution >= 0.6 is 0 Å². The Morgan fingerprint density at radius 2 is 1.70 bits per heavy atom. The Morgan fingerprint density at radius 1 is 1.00 bits per heavy atom. The molecule has 3 heteroatoms. The van der Waals surface area contributed by atoms with Gasteiger partial charge in [-0.05, 0) is 0 Å². The van der Waals surface area contributed by atoms with Crippen molar-refractivity contribution in [2.45, 2.75) is 36.7 Å². The summed E-state index contributed by atoms with van der Waals surface area (Å²) in [7, 11) is 0. The fourth-order valence-electron chi connectivity index (χ4n) is 3.05. The number of hydrogen-bond donors (Lipinski definition) is 0. The molecule has 1 atom stereocenters. The van der Waals surface area contributed by atoms with Gasteiger partial charge in [-0.1, -0.05) is 0 Å². The van der Waals surface area contributed by atoms with Crippen LogP contribution in [0.1, 0.15) is 46.5 Å². The van der Waals surface area contributed by atoms with E-state index in [1.54, 1.807) is 30.3 Å². The first kappa shape index (κ1) is 20.7. The van der Waals surface area contributed by atoms with Crippen LogP contribution in [-0.4, -0.2) is 0 Å². The third-order valence-corrected chi connectivity index (χ3v) is 6.01. The smallest absolute Gasteiger partial charge is 1.00 e. The van der Waals surface area contributed by atoms with E-state index in [2.05, 4.69) is 62.4 Å². The van der Waals surface area contributed by atoms with E-state index < -0.39 is 0 Å². The normalized spacial score (nSPS) is 15.3. The summed E-state index contributed by atoms with van der Waals surface area (Å²) in [5.41, 5.74) is 8.71. The zero-order valence-electron chi connectivity index (χ0n) is 13.6. The standard InChI is InChI=1S/C20H21.2ClH.Zr/c1-3-4-6-16-13-18-7-5-8-19(20(18)14-16)17-11-9-15(2)10-12-17;;;/h5,7-14H,3-4,6H2,1-2H3;2*1H;/q;;;+2/p-2. The van der Waals surface area contributed by atoms with Crippen molar-refractivity contribution in [2.75, 3.05) is 0 Å². The van der Waals surface area contributed by atoms with Crippen molar-refractivity contribution < 1.29 is 49.5 Å². The van der Waals surface area contributed by atoms with Gasteiger partial charge in [-0.15, -0.1) is 0 Å². The molecule has 0 bridgehead atoms. The number of unbranched alkanes of at least 4 members (excludes halogenated alkanes) is 1. The molecule has 0 fully saturated rings. The largest absolute Gasteiger partial charge is 1.00 e. The molecular formula is C20H21Cl2Zr. The Labute approximate surface area is 167 Å². The van der Waals surface area contributed by atoms with E-state index in [0.29, 0.717) is 3.63 Å². The Morgan fingerprint density at radius 3 is 2.35 bits per heavy atom. The van der Waals surface area contributed by atoms with Gasteiger partial charge in [-0.2, -0.15) is 0 Å². The fraction of sp³-hybridized carbons (Fsp3) is 0.300. The minimum absolute atomic E-state index is 0. The molecule has 0 aromatic heterocycles. The number of fused-ring (bicyclic) bond motifs is 1. The first-order valence-electron chi connectivity index (χ1n) is 7.82. The predicted molar refractivity (Wildman–Crippen MR) is 86.9 cm³/mol. The molecule has 1 unspecified atom stereocenters. The molecule has 0 N–H and O–H groups in total. The maximum absolute atomic E-state index is 2.47. The van der Waals surface area contributed by atoms with Crippen molar-refractivity contribution >= 4 is 6.08 Å². The molecule has 0 amide bonds. The monoisotopic (exact) mass is 421 g/mol. The van der Waals surface area contributed by atoms with Gasteiger partial charge in [0.15, 0.2) is 0 Å². The quantitative estimate of drug-likeness (QED) is 0.642. The summed E-state index contributed by atoms with van der Waals surface area (Å²) < 4.78 is 0.671. The van der Waals surface area contributed by atoms with Crippen LogP contribution in [0, 0.1) is 6.92 Å². The average Bonchev–Trinajstić information content (AvgIpc) is 2.83. The van der Waals surface area contributed by atoms with Gasteiger partial charge in [0, 0.05) is 0 Å². The van der Waals surface area contributed by atoms with Crippen LogP contribution in [0.3, 0.4) is 0 Å². The van der Waals surface area contributed by atoms with Gasteiger partial charge in [-0.3, -0.25) is 0 Å². The van der Waals surface area contributed by atoms with Crippen LogP contribution in [-0.2, 0) is 24.7 Å². The molecule has 2 aromatic carbocycles. The van der Waals surface area contributed by atoms with Crippen LogP contribution in [0.25, 0.3) is 17.2 Å². The minimum Gasteiger partial charge on any atom is -1.00 e. The van der Waals surface area contributed by atoms with Crippen LogP contribution in [0.5, 0.6) is 0 Å². The molecule has 119 valence electrons. The molecule has 0 heterocycles. The number of halogens is 2. The molecule has 23 heavy (non-hydrogen) atoms. The first-order valence-corrected chi connectivity index (χ1v) is 9.24. The molecule has 2 aromatic rings. The summed E-state index contributed by atoms with van der Waals surface area (Å²) in [6.45, 7) is 4.42. The topological polar surface area (TPSA) is 0 Å². The van der Waals surface area contributed by atoms with Gasteiger partial charge >= 0.3 is 143 Å². The van der Waals surface area contributed by atoms with Crippen LogP contribution in [0.4, 0.5) is 0 Å².